The van der Waals surface area contributed by atoms with E-state index in [1.807, 2.05) is 35.3 Å². The highest BCUT2D eigenvalue weighted by molar-refractivity contribution is 8.07. The SMILES string of the molecule is CC(C)(C)C1=CC(=CC(C=C2C=C(C(C)(C)C)SC(C(C)(C)C)=C2)C=C2C=C(C(C)(C)C)SC(C(C)(C)C)=C2)C=C(C(C)(C)C)S1. The van der Waals surface area contributed by atoms with Crippen LogP contribution in [0.3, 0.4) is 0 Å². The monoisotopic (exact) mass is 676 g/mol. The molecule has 0 radical (unpaired) electrons. The minimum Gasteiger partial charge on any atom is -0.0978 e. The lowest BCUT2D eigenvalue weighted by atomic mass is 9.88. The zero-order valence-electron chi connectivity index (χ0n) is 32.5. The highest BCUT2D eigenvalue weighted by Crippen LogP contribution is 2.52. The van der Waals surface area contributed by atoms with Crippen molar-refractivity contribution < 1.29 is 0 Å². The van der Waals surface area contributed by atoms with Gasteiger partial charge in [0, 0.05) is 5.92 Å². The Hall–Kier alpha value is -1.29. The fourth-order valence-corrected chi connectivity index (χ4v) is 8.60. The lowest BCUT2D eigenvalue weighted by molar-refractivity contribution is 0.520. The Morgan fingerprint density at radius 2 is 0.478 bits per heavy atom. The molecule has 0 saturated heterocycles. The molecule has 254 valence electrons. The van der Waals surface area contributed by atoms with Crippen molar-refractivity contribution in [2.45, 2.75) is 125 Å². The molecule has 0 nitrogen and oxygen atoms in total. The molecule has 0 unspecified atom stereocenters. The van der Waals surface area contributed by atoms with Crippen LogP contribution in [0.2, 0.25) is 0 Å². The molecule has 0 aromatic rings. The van der Waals surface area contributed by atoms with Crippen LogP contribution in [0.4, 0.5) is 0 Å². The van der Waals surface area contributed by atoms with Gasteiger partial charge in [-0.1, -0.05) is 178 Å². The summed E-state index contributed by atoms with van der Waals surface area (Å²) in [6, 6.07) is 0. The molecule has 3 heteroatoms. The smallest absolute Gasteiger partial charge is 0.0154 e. The van der Waals surface area contributed by atoms with Gasteiger partial charge in [0.1, 0.15) is 0 Å². The minimum absolute atomic E-state index is 0.0888. The lowest BCUT2D eigenvalue weighted by Crippen LogP contribution is -2.15. The van der Waals surface area contributed by atoms with E-state index in [2.05, 4.69) is 179 Å². The van der Waals surface area contributed by atoms with Gasteiger partial charge in [0.05, 0.1) is 0 Å². The number of allylic oxidation sites excluding steroid dienone is 18. The van der Waals surface area contributed by atoms with Gasteiger partial charge in [0.2, 0.25) is 0 Å². The van der Waals surface area contributed by atoms with Crippen molar-refractivity contribution >= 4 is 35.3 Å². The van der Waals surface area contributed by atoms with Crippen LogP contribution < -0.4 is 0 Å². The van der Waals surface area contributed by atoms with Crippen LogP contribution in [0.5, 0.6) is 0 Å². The van der Waals surface area contributed by atoms with Gasteiger partial charge < -0.3 is 0 Å². The van der Waals surface area contributed by atoms with Crippen molar-refractivity contribution in [3.63, 3.8) is 0 Å². The molecule has 0 saturated carbocycles. The predicted octanol–water partition coefficient (Wildman–Crippen LogP) is 15.2. The van der Waals surface area contributed by atoms with E-state index >= 15 is 0 Å². The van der Waals surface area contributed by atoms with Crippen LogP contribution in [0.1, 0.15) is 125 Å². The summed E-state index contributed by atoms with van der Waals surface area (Å²) in [5, 5.41) is 0. The van der Waals surface area contributed by atoms with Gasteiger partial charge >= 0.3 is 0 Å². The van der Waals surface area contributed by atoms with Gasteiger partial charge in [0.25, 0.3) is 0 Å². The Balaban J connectivity index is 2.36. The second-order valence-electron chi connectivity index (χ2n) is 19.4. The molecule has 3 aliphatic heterocycles. The largest absolute Gasteiger partial charge is 0.0978 e. The molecule has 3 rings (SSSR count). The third-order valence-corrected chi connectivity index (χ3v) is 13.7. The van der Waals surface area contributed by atoms with E-state index in [1.54, 1.807) is 0 Å². The van der Waals surface area contributed by atoms with E-state index in [1.165, 1.54) is 46.2 Å². The van der Waals surface area contributed by atoms with E-state index in [-0.39, 0.29) is 38.4 Å². The quantitative estimate of drug-likeness (QED) is 0.292. The van der Waals surface area contributed by atoms with E-state index in [9.17, 15) is 0 Å². The van der Waals surface area contributed by atoms with Crippen molar-refractivity contribution in [3.05, 3.63) is 101 Å². The first-order valence-corrected chi connectivity index (χ1v) is 19.5. The van der Waals surface area contributed by atoms with E-state index in [0.717, 1.165) is 0 Å². The summed E-state index contributed by atoms with van der Waals surface area (Å²) in [6.07, 6.45) is 22.2. The molecular formula is C43H64S3. The summed E-state index contributed by atoms with van der Waals surface area (Å²) in [7, 11) is 0. The maximum Gasteiger partial charge on any atom is 0.0154 e. The number of thioether (sulfide) groups is 3. The van der Waals surface area contributed by atoms with E-state index in [0.29, 0.717) is 0 Å². The van der Waals surface area contributed by atoms with E-state index in [4.69, 9.17) is 0 Å². The molecular weight excluding hydrogens is 613 g/mol. The van der Waals surface area contributed by atoms with Crippen molar-refractivity contribution in [3.8, 4) is 0 Å². The minimum atomic E-state index is 0.0888. The van der Waals surface area contributed by atoms with Crippen LogP contribution in [-0.4, -0.2) is 0 Å². The number of hydrogen-bond donors (Lipinski definition) is 0. The summed E-state index contributed by atoms with van der Waals surface area (Å²) in [4.78, 5) is 8.60. The second kappa shape index (κ2) is 13.5. The molecule has 46 heavy (non-hydrogen) atoms. The zero-order chi connectivity index (χ0) is 35.3. The van der Waals surface area contributed by atoms with Gasteiger partial charge in [-0.15, -0.1) is 0 Å². The molecule has 3 heterocycles. The molecule has 0 N–H and O–H groups in total. The van der Waals surface area contributed by atoms with Crippen LogP contribution in [0.25, 0.3) is 0 Å². The Labute approximate surface area is 297 Å². The Kier molecular flexibility index (Phi) is 11.5. The molecule has 0 fully saturated rings. The van der Waals surface area contributed by atoms with Crippen molar-refractivity contribution in [2.24, 2.45) is 38.4 Å². The van der Waals surface area contributed by atoms with Crippen LogP contribution >= 0.6 is 35.3 Å². The first-order chi connectivity index (χ1) is 20.5. The Morgan fingerprint density at radius 1 is 0.326 bits per heavy atom. The van der Waals surface area contributed by atoms with Gasteiger partial charge in [0.15, 0.2) is 0 Å². The molecule has 0 atom stereocenters. The molecule has 0 spiro atoms. The summed E-state index contributed by atoms with van der Waals surface area (Å²) in [5.41, 5.74) is 4.46. The predicted molar refractivity (Wildman–Crippen MR) is 216 cm³/mol. The average Bonchev–Trinajstić information content (AvgIpc) is 2.85. The fraction of sp³-hybridized carbons (Fsp3) is 0.581. The van der Waals surface area contributed by atoms with Crippen molar-refractivity contribution in [1.29, 1.82) is 0 Å². The van der Waals surface area contributed by atoms with Gasteiger partial charge in [-0.25, -0.2) is 0 Å². The molecule has 3 aliphatic rings. The second-order valence-corrected chi connectivity index (χ2v) is 22.7. The maximum atomic E-state index is 2.51. The van der Waals surface area contributed by atoms with Crippen LogP contribution in [0, 0.1) is 38.4 Å². The van der Waals surface area contributed by atoms with Crippen LogP contribution in [0.15, 0.2) is 101 Å². The number of rotatable bonds is 3. The highest BCUT2D eigenvalue weighted by atomic mass is 32.2. The Bertz CT molecular complexity index is 1190. The Morgan fingerprint density at radius 3 is 0.609 bits per heavy atom. The number of hydrogen-bond acceptors (Lipinski definition) is 3. The summed E-state index contributed by atoms with van der Waals surface area (Å²) >= 11 is 5.90. The van der Waals surface area contributed by atoms with Gasteiger partial charge in [-0.05, 0) is 115 Å². The molecule has 0 aromatic carbocycles. The van der Waals surface area contributed by atoms with Crippen molar-refractivity contribution in [2.75, 3.05) is 0 Å². The highest BCUT2D eigenvalue weighted by Gasteiger charge is 2.31. The van der Waals surface area contributed by atoms with Gasteiger partial charge in [-0.2, -0.15) is 0 Å². The summed E-state index contributed by atoms with van der Waals surface area (Å²) in [5.74, 6) is 0.120. The average molecular weight is 677 g/mol. The first kappa shape index (κ1) is 39.2. The molecule has 0 aromatic heterocycles. The third kappa shape index (κ3) is 10.9. The lowest BCUT2D eigenvalue weighted by Gasteiger charge is -2.33. The molecule has 0 amide bonds. The van der Waals surface area contributed by atoms with Crippen LogP contribution in [-0.2, 0) is 0 Å². The summed E-state index contributed by atoms with van der Waals surface area (Å²) < 4.78 is 0. The maximum absolute atomic E-state index is 2.51. The zero-order valence-corrected chi connectivity index (χ0v) is 34.9. The van der Waals surface area contributed by atoms with Crippen molar-refractivity contribution in [1.82, 2.24) is 0 Å². The standard InChI is InChI=1S/C43H64S3/c1-38(2,3)32-22-29(23-33(44-32)39(4,5)6)19-28(20-30-24-34(40(7,8)9)45-35(25-30)41(10,11)12)21-31-26-36(42(13,14)15)46-37(27-31)43(16,17)18/h19-28H,1-18H3. The van der Waals surface area contributed by atoms with Gasteiger partial charge in [-0.3, -0.25) is 0 Å². The molecule has 0 bridgehead atoms. The summed E-state index contributed by atoms with van der Waals surface area (Å²) in [6.45, 7) is 42.1. The molecule has 0 aliphatic carbocycles. The van der Waals surface area contributed by atoms with E-state index < -0.39 is 0 Å². The third-order valence-electron chi connectivity index (χ3n) is 8.04. The fourth-order valence-electron chi connectivity index (χ4n) is 4.88. The topological polar surface area (TPSA) is 0 Å². The normalized spacial score (nSPS) is 19.2. The first-order valence-electron chi connectivity index (χ1n) is 17.1.